The van der Waals surface area contributed by atoms with Crippen LogP contribution in [0.2, 0.25) is 0 Å². The molecule has 3 nitrogen and oxygen atoms in total. The summed E-state index contributed by atoms with van der Waals surface area (Å²) >= 11 is 0. The molecule has 0 saturated carbocycles. The summed E-state index contributed by atoms with van der Waals surface area (Å²) in [4.78, 5) is 11.9. The highest BCUT2D eigenvalue weighted by Gasteiger charge is 2.34. The molecule has 0 aliphatic rings. The van der Waals surface area contributed by atoms with Gasteiger partial charge in [0.05, 0.1) is 0 Å². The number of carbonyl (C=O) groups is 1. The molecular weight excluding hydrogens is 310 g/mol. The van der Waals surface area contributed by atoms with Crippen LogP contribution in [0.25, 0.3) is 11.1 Å². The summed E-state index contributed by atoms with van der Waals surface area (Å²) in [6, 6.07) is 27.5. The number of hydrogen-bond donors (Lipinski definition) is 2. The van der Waals surface area contributed by atoms with Crippen molar-refractivity contribution >= 4 is 5.97 Å². The molecule has 3 aromatic rings. The van der Waals surface area contributed by atoms with Crippen molar-refractivity contribution < 1.29 is 9.90 Å². The monoisotopic (exact) mass is 331 g/mol. The number of aliphatic carboxylic acids is 1. The molecule has 126 valence electrons. The highest BCUT2D eigenvalue weighted by Crippen LogP contribution is 2.23. The van der Waals surface area contributed by atoms with Crippen molar-refractivity contribution in [1.82, 2.24) is 0 Å². The molecule has 3 aromatic carbocycles. The molecule has 0 saturated heterocycles. The molecule has 0 amide bonds. The highest BCUT2D eigenvalue weighted by atomic mass is 16.4. The Kier molecular flexibility index (Phi) is 4.96. The lowest BCUT2D eigenvalue weighted by atomic mass is 9.85. The maximum Gasteiger partial charge on any atom is 0.324 e. The van der Waals surface area contributed by atoms with Crippen LogP contribution in [-0.4, -0.2) is 16.6 Å². The van der Waals surface area contributed by atoms with Crippen LogP contribution in [-0.2, 0) is 17.6 Å². The Labute approximate surface area is 147 Å². The van der Waals surface area contributed by atoms with Gasteiger partial charge in [-0.25, -0.2) is 0 Å². The minimum atomic E-state index is -1.34. The summed E-state index contributed by atoms with van der Waals surface area (Å²) in [5.41, 5.74) is 8.96. The van der Waals surface area contributed by atoms with E-state index in [9.17, 15) is 9.90 Å². The Bertz CT molecular complexity index is 846. The number of nitrogens with two attached hydrogens (primary N) is 1. The van der Waals surface area contributed by atoms with E-state index in [1.807, 2.05) is 84.9 Å². The van der Waals surface area contributed by atoms with E-state index in [2.05, 4.69) is 0 Å². The largest absolute Gasteiger partial charge is 0.480 e. The van der Waals surface area contributed by atoms with E-state index in [1.54, 1.807) is 0 Å². The Morgan fingerprint density at radius 2 is 1.28 bits per heavy atom. The fourth-order valence-corrected chi connectivity index (χ4v) is 3.03. The fraction of sp³-hybridized carbons (Fsp3) is 0.136. The topological polar surface area (TPSA) is 63.3 Å². The molecule has 1 unspecified atom stereocenters. The molecule has 0 heterocycles. The Balaban J connectivity index is 1.87. The zero-order chi connectivity index (χ0) is 17.7. The smallest absolute Gasteiger partial charge is 0.324 e. The Morgan fingerprint density at radius 1 is 0.760 bits per heavy atom. The number of carboxylic acids is 1. The number of benzene rings is 3. The molecule has 0 radical (unpaired) electrons. The second-order valence-electron chi connectivity index (χ2n) is 6.37. The van der Waals surface area contributed by atoms with E-state index in [-0.39, 0.29) is 6.42 Å². The molecule has 3 heteroatoms. The van der Waals surface area contributed by atoms with E-state index < -0.39 is 11.5 Å². The SMILES string of the molecule is NC(Cc1ccccc1)(Cc1cccc(-c2ccccc2)c1)C(=O)O. The average molecular weight is 331 g/mol. The maximum atomic E-state index is 11.9. The molecule has 0 aliphatic carbocycles. The van der Waals surface area contributed by atoms with Crippen LogP contribution in [0.4, 0.5) is 0 Å². The summed E-state index contributed by atoms with van der Waals surface area (Å²) in [6.07, 6.45) is 0.566. The molecule has 0 fully saturated rings. The van der Waals surface area contributed by atoms with E-state index >= 15 is 0 Å². The van der Waals surface area contributed by atoms with Gasteiger partial charge in [-0.1, -0.05) is 84.9 Å². The second-order valence-corrected chi connectivity index (χ2v) is 6.37. The first-order chi connectivity index (χ1) is 12.1. The van der Waals surface area contributed by atoms with Gasteiger partial charge in [0.15, 0.2) is 0 Å². The zero-order valence-corrected chi connectivity index (χ0v) is 13.9. The van der Waals surface area contributed by atoms with E-state index in [4.69, 9.17) is 5.73 Å². The van der Waals surface area contributed by atoms with Gasteiger partial charge in [0.1, 0.15) is 5.54 Å². The van der Waals surface area contributed by atoms with E-state index in [0.717, 1.165) is 22.3 Å². The van der Waals surface area contributed by atoms with Gasteiger partial charge in [-0.2, -0.15) is 0 Å². The maximum absolute atomic E-state index is 11.9. The quantitative estimate of drug-likeness (QED) is 0.719. The second kappa shape index (κ2) is 7.32. The van der Waals surface area contributed by atoms with Crippen molar-refractivity contribution in [2.24, 2.45) is 5.73 Å². The summed E-state index contributed by atoms with van der Waals surface area (Å²) in [5.74, 6) is -0.985. The fourth-order valence-electron chi connectivity index (χ4n) is 3.03. The van der Waals surface area contributed by atoms with Crippen molar-refractivity contribution in [3.8, 4) is 11.1 Å². The van der Waals surface area contributed by atoms with Crippen molar-refractivity contribution in [1.29, 1.82) is 0 Å². The third kappa shape index (κ3) is 4.14. The first-order valence-electron chi connectivity index (χ1n) is 8.27. The van der Waals surface area contributed by atoms with Gasteiger partial charge in [-0.3, -0.25) is 4.79 Å². The predicted octanol–water partition coefficient (Wildman–Crippen LogP) is 3.92. The third-order valence-corrected chi connectivity index (χ3v) is 4.34. The van der Waals surface area contributed by atoms with Gasteiger partial charge in [-0.05, 0) is 22.3 Å². The summed E-state index contributed by atoms with van der Waals surface area (Å²) in [7, 11) is 0. The molecular formula is C22H21NO2. The van der Waals surface area contributed by atoms with Gasteiger partial charge in [0.25, 0.3) is 0 Å². The van der Waals surface area contributed by atoms with Crippen LogP contribution in [0.15, 0.2) is 84.9 Å². The van der Waals surface area contributed by atoms with Crippen LogP contribution in [0.1, 0.15) is 11.1 Å². The molecule has 1 atom stereocenters. The molecule has 3 rings (SSSR count). The van der Waals surface area contributed by atoms with Crippen LogP contribution in [0, 0.1) is 0 Å². The molecule has 0 spiro atoms. The number of rotatable bonds is 6. The van der Waals surface area contributed by atoms with Crippen molar-refractivity contribution in [3.63, 3.8) is 0 Å². The minimum Gasteiger partial charge on any atom is -0.480 e. The average Bonchev–Trinajstić information content (AvgIpc) is 2.63. The van der Waals surface area contributed by atoms with E-state index in [0.29, 0.717) is 6.42 Å². The normalized spacial score (nSPS) is 13.2. The number of hydrogen-bond acceptors (Lipinski definition) is 2. The van der Waals surface area contributed by atoms with Crippen molar-refractivity contribution in [2.75, 3.05) is 0 Å². The van der Waals surface area contributed by atoms with Gasteiger partial charge in [0.2, 0.25) is 0 Å². The molecule has 0 aliphatic heterocycles. The zero-order valence-electron chi connectivity index (χ0n) is 13.9. The lowest BCUT2D eigenvalue weighted by molar-refractivity contribution is -0.143. The third-order valence-electron chi connectivity index (χ3n) is 4.34. The predicted molar refractivity (Wildman–Crippen MR) is 100 cm³/mol. The first kappa shape index (κ1) is 16.9. The van der Waals surface area contributed by atoms with E-state index in [1.165, 1.54) is 0 Å². The van der Waals surface area contributed by atoms with Crippen molar-refractivity contribution in [2.45, 2.75) is 18.4 Å². The Morgan fingerprint density at radius 3 is 1.92 bits per heavy atom. The lowest BCUT2D eigenvalue weighted by Crippen LogP contribution is -2.51. The summed E-state index contributed by atoms with van der Waals surface area (Å²) in [5, 5.41) is 9.72. The lowest BCUT2D eigenvalue weighted by Gasteiger charge is -2.25. The Hall–Kier alpha value is -2.91. The molecule has 0 aromatic heterocycles. The minimum absolute atomic E-state index is 0.276. The van der Waals surface area contributed by atoms with Crippen LogP contribution < -0.4 is 5.73 Å². The molecule has 25 heavy (non-hydrogen) atoms. The van der Waals surface area contributed by atoms with Crippen LogP contribution in [0.5, 0.6) is 0 Å². The summed E-state index contributed by atoms with van der Waals surface area (Å²) in [6.45, 7) is 0. The highest BCUT2D eigenvalue weighted by molar-refractivity contribution is 5.79. The van der Waals surface area contributed by atoms with Gasteiger partial charge >= 0.3 is 5.97 Å². The summed E-state index contributed by atoms with van der Waals surface area (Å²) < 4.78 is 0. The molecule has 0 bridgehead atoms. The first-order valence-corrected chi connectivity index (χ1v) is 8.27. The molecule has 3 N–H and O–H groups in total. The van der Waals surface area contributed by atoms with Crippen molar-refractivity contribution in [3.05, 3.63) is 96.1 Å². The van der Waals surface area contributed by atoms with Crippen LogP contribution in [0.3, 0.4) is 0 Å². The standard InChI is InChI=1S/C22H21NO2/c23-22(21(24)25,15-17-8-3-1-4-9-17)16-18-10-7-13-20(14-18)19-11-5-2-6-12-19/h1-14H,15-16,23H2,(H,24,25). The van der Waals surface area contributed by atoms with Gasteiger partial charge in [0, 0.05) is 12.8 Å². The van der Waals surface area contributed by atoms with Gasteiger partial charge < -0.3 is 10.8 Å². The van der Waals surface area contributed by atoms with Crippen LogP contribution >= 0.6 is 0 Å². The number of carboxylic acid groups (broad SMARTS) is 1. The van der Waals surface area contributed by atoms with Gasteiger partial charge in [-0.15, -0.1) is 0 Å².